The number of thiazole rings is 1. The van der Waals surface area contributed by atoms with Crippen LogP contribution in [0.4, 0.5) is 18.0 Å². The molecule has 0 unspecified atom stereocenters. The molecule has 1 aromatic rings. The van der Waals surface area contributed by atoms with Crippen LogP contribution in [0.2, 0.25) is 0 Å². The van der Waals surface area contributed by atoms with Crippen LogP contribution in [0.3, 0.4) is 0 Å². The molecule has 0 aromatic carbocycles. The summed E-state index contributed by atoms with van der Waals surface area (Å²) < 4.78 is 42.7. The second kappa shape index (κ2) is 11.6. The number of aromatic nitrogens is 1. The molecular formula is C16H25F3IN5O2S. The van der Waals surface area contributed by atoms with E-state index < -0.39 is 11.9 Å². The Morgan fingerprint density at radius 1 is 1.43 bits per heavy atom. The molecule has 160 valence electrons. The van der Waals surface area contributed by atoms with Crippen LogP contribution in [0.25, 0.3) is 0 Å². The first kappa shape index (κ1) is 24.7. The Morgan fingerprint density at radius 2 is 2.11 bits per heavy atom. The van der Waals surface area contributed by atoms with Crippen molar-refractivity contribution in [3.8, 4) is 0 Å². The van der Waals surface area contributed by atoms with Crippen molar-refractivity contribution >= 4 is 47.4 Å². The summed E-state index contributed by atoms with van der Waals surface area (Å²) in [5, 5.41) is 7.81. The Hall–Kier alpha value is -1.31. The molecule has 7 nitrogen and oxygen atoms in total. The Labute approximate surface area is 183 Å². The molecule has 1 fully saturated rings. The number of carbonyl (C=O) groups is 1. The van der Waals surface area contributed by atoms with Crippen LogP contribution in [0.5, 0.6) is 0 Å². The fourth-order valence-electron chi connectivity index (χ4n) is 2.65. The van der Waals surface area contributed by atoms with Crippen molar-refractivity contribution < 1.29 is 22.7 Å². The van der Waals surface area contributed by atoms with Crippen LogP contribution in [0.15, 0.2) is 10.4 Å². The molecule has 1 aromatic heterocycles. The van der Waals surface area contributed by atoms with Crippen molar-refractivity contribution in [3.05, 3.63) is 16.1 Å². The molecule has 0 radical (unpaired) electrons. The van der Waals surface area contributed by atoms with Crippen LogP contribution in [-0.4, -0.2) is 61.3 Å². The van der Waals surface area contributed by atoms with Gasteiger partial charge in [-0.3, -0.25) is 4.99 Å². The van der Waals surface area contributed by atoms with Gasteiger partial charge in [-0.25, -0.2) is 9.78 Å². The summed E-state index contributed by atoms with van der Waals surface area (Å²) in [6.45, 7) is 3.76. The van der Waals surface area contributed by atoms with Gasteiger partial charge in [-0.2, -0.15) is 13.2 Å². The average Bonchev–Trinajstić information content (AvgIpc) is 3.11. The number of guanidine groups is 1. The molecule has 2 heterocycles. The fourth-order valence-corrected chi connectivity index (χ4v) is 3.46. The Balaban J connectivity index is 0.00000392. The maximum atomic E-state index is 12.6. The number of ether oxygens (including phenoxy) is 1. The number of hydrogen-bond acceptors (Lipinski definition) is 5. The van der Waals surface area contributed by atoms with Crippen LogP contribution >= 0.6 is 35.3 Å². The average molecular weight is 535 g/mol. The SMILES string of the molecule is CCOC(=O)N1CCC(NC(=NC)NCCc2nc(C(F)(F)F)cs2)CC1.I. The van der Waals surface area contributed by atoms with Gasteiger partial charge in [0.2, 0.25) is 0 Å². The van der Waals surface area contributed by atoms with E-state index in [2.05, 4.69) is 20.6 Å². The molecule has 0 saturated carbocycles. The first-order valence-corrected chi connectivity index (χ1v) is 9.62. The number of piperidine rings is 1. The maximum absolute atomic E-state index is 12.6. The normalized spacial score (nSPS) is 15.8. The summed E-state index contributed by atoms with van der Waals surface area (Å²) in [5.41, 5.74) is -0.849. The Morgan fingerprint density at radius 3 is 2.64 bits per heavy atom. The molecule has 28 heavy (non-hydrogen) atoms. The lowest BCUT2D eigenvalue weighted by atomic mass is 10.1. The first-order chi connectivity index (χ1) is 12.8. The van der Waals surface area contributed by atoms with Crippen molar-refractivity contribution in [2.24, 2.45) is 4.99 Å². The van der Waals surface area contributed by atoms with E-state index in [1.165, 1.54) is 0 Å². The molecule has 0 aliphatic carbocycles. The van der Waals surface area contributed by atoms with Gasteiger partial charge >= 0.3 is 12.3 Å². The van der Waals surface area contributed by atoms with Crippen molar-refractivity contribution in [1.82, 2.24) is 20.5 Å². The number of alkyl halides is 3. The van der Waals surface area contributed by atoms with Gasteiger partial charge in [0.15, 0.2) is 11.7 Å². The lowest BCUT2D eigenvalue weighted by molar-refractivity contribution is -0.140. The predicted octanol–water partition coefficient (Wildman–Crippen LogP) is 3.11. The summed E-state index contributed by atoms with van der Waals surface area (Å²) >= 11 is 0.998. The maximum Gasteiger partial charge on any atom is 0.434 e. The number of hydrogen-bond donors (Lipinski definition) is 2. The zero-order chi connectivity index (χ0) is 19.9. The highest BCUT2D eigenvalue weighted by Crippen LogP contribution is 2.30. The Kier molecular flexibility index (Phi) is 10.3. The minimum absolute atomic E-state index is 0. The van der Waals surface area contributed by atoms with E-state index in [0.29, 0.717) is 43.6 Å². The predicted molar refractivity (Wildman–Crippen MR) is 112 cm³/mol. The second-order valence-electron chi connectivity index (χ2n) is 5.98. The van der Waals surface area contributed by atoms with Gasteiger partial charge < -0.3 is 20.3 Å². The smallest absolute Gasteiger partial charge is 0.434 e. The van der Waals surface area contributed by atoms with Gasteiger partial charge in [0.1, 0.15) is 0 Å². The standard InChI is InChI=1S/C16H24F3N5O2S.HI/c1-3-26-15(25)24-8-5-11(6-9-24)22-14(20-2)21-7-4-13-23-12(10-27-13)16(17,18)19;/h10-11H,3-9H2,1-2H3,(H2,20,21,22);1H. The highest BCUT2D eigenvalue weighted by molar-refractivity contribution is 14.0. The molecule has 1 amide bonds. The van der Waals surface area contributed by atoms with E-state index in [-0.39, 0.29) is 36.1 Å². The Bertz CT molecular complexity index is 648. The number of nitrogens with one attached hydrogen (secondary N) is 2. The summed E-state index contributed by atoms with van der Waals surface area (Å²) in [6.07, 6.45) is -2.79. The molecule has 2 N–H and O–H groups in total. The van der Waals surface area contributed by atoms with Crippen molar-refractivity contribution in [1.29, 1.82) is 0 Å². The van der Waals surface area contributed by atoms with Gasteiger partial charge in [-0.05, 0) is 19.8 Å². The van der Waals surface area contributed by atoms with E-state index in [1.54, 1.807) is 18.9 Å². The number of rotatable bonds is 5. The van der Waals surface area contributed by atoms with Crippen LogP contribution in [0, 0.1) is 0 Å². The van der Waals surface area contributed by atoms with E-state index in [4.69, 9.17) is 4.74 Å². The monoisotopic (exact) mass is 535 g/mol. The minimum Gasteiger partial charge on any atom is -0.450 e. The highest BCUT2D eigenvalue weighted by atomic mass is 127. The fraction of sp³-hybridized carbons (Fsp3) is 0.688. The first-order valence-electron chi connectivity index (χ1n) is 8.74. The molecule has 1 aliphatic heterocycles. The minimum atomic E-state index is -4.40. The summed E-state index contributed by atoms with van der Waals surface area (Å²) in [6, 6.07) is 0.165. The number of nitrogens with zero attached hydrogens (tertiary/aromatic N) is 3. The van der Waals surface area contributed by atoms with Crippen LogP contribution in [0.1, 0.15) is 30.5 Å². The van der Waals surface area contributed by atoms with Crippen molar-refractivity contribution in [3.63, 3.8) is 0 Å². The zero-order valence-electron chi connectivity index (χ0n) is 15.7. The van der Waals surface area contributed by atoms with Crippen molar-refractivity contribution in [2.45, 2.75) is 38.4 Å². The molecule has 0 spiro atoms. The third-order valence-electron chi connectivity index (χ3n) is 4.06. The summed E-state index contributed by atoms with van der Waals surface area (Å²) in [5.74, 6) is 0.581. The number of aliphatic imine (C=N–C) groups is 1. The lowest BCUT2D eigenvalue weighted by Crippen LogP contribution is -2.50. The molecule has 2 rings (SSSR count). The van der Waals surface area contributed by atoms with Gasteiger partial charge in [0.25, 0.3) is 0 Å². The third-order valence-corrected chi connectivity index (χ3v) is 4.97. The molecule has 12 heteroatoms. The van der Waals surface area contributed by atoms with Gasteiger partial charge in [0.05, 0.1) is 11.6 Å². The molecule has 0 atom stereocenters. The van der Waals surface area contributed by atoms with Gasteiger partial charge in [-0.1, -0.05) is 0 Å². The number of carbonyl (C=O) groups excluding carboxylic acids is 1. The van der Waals surface area contributed by atoms with E-state index >= 15 is 0 Å². The number of likely N-dealkylation sites (tertiary alicyclic amines) is 1. The second-order valence-corrected chi connectivity index (χ2v) is 6.92. The van der Waals surface area contributed by atoms with Crippen molar-refractivity contribution in [2.75, 3.05) is 33.3 Å². The molecular weight excluding hydrogens is 510 g/mol. The van der Waals surface area contributed by atoms with Gasteiger partial charge in [-0.15, -0.1) is 35.3 Å². The van der Waals surface area contributed by atoms with E-state index in [0.717, 1.165) is 29.6 Å². The quantitative estimate of drug-likeness (QED) is 0.344. The number of amides is 1. The summed E-state index contributed by atoms with van der Waals surface area (Å²) in [7, 11) is 1.63. The lowest BCUT2D eigenvalue weighted by Gasteiger charge is -2.32. The number of halogens is 4. The van der Waals surface area contributed by atoms with Gasteiger partial charge in [0, 0.05) is 44.5 Å². The zero-order valence-corrected chi connectivity index (χ0v) is 18.9. The topological polar surface area (TPSA) is 78.8 Å². The molecule has 1 aliphatic rings. The third kappa shape index (κ3) is 7.60. The van der Waals surface area contributed by atoms with Crippen LogP contribution < -0.4 is 10.6 Å². The van der Waals surface area contributed by atoms with E-state index in [1.807, 2.05) is 0 Å². The summed E-state index contributed by atoms with van der Waals surface area (Å²) in [4.78, 5) is 21.1. The largest absolute Gasteiger partial charge is 0.450 e. The highest BCUT2D eigenvalue weighted by Gasteiger charge is 2.33. The molecule has 1 saturated heterocycles. The van der Waals surface area contributed by atoms with E-state index in [9.17, 15) is 18.0 Å². The molecule has 0 bridgehead atoms. The van der Waals surface area contributed by atoms with Crippen LogP contribution in [-0.2, 0) is 17.3 Å².